The van der Waals surface area contributed by atoms with Crippen molar-refractivity contribution in [2.24, 2.45) is 16.7 Å². The molecule has 0 aromatic heterocycles. The van der Waals surface area contributed by atoms with E-state index in [4.69, 9.17) is 9.47 Å². The maximum Gasteiger partial charge on any atom is 0.333 e. The zero-order chi connectivity index (χ0) is 13.0. The molecule has 3 heteroatoms. The third kappa shape index (κ3) is 1.08. The molecule has 2 heterocycles. The minimum atomic E-state index is -0.702. The summed E-state index contributed by atoms with van der Waals surface area (Å²) < 4.78 is 11.4. The molecule has 2 aliphatic heterocycles. The summed E-state index contributed by atoms with van der Waals surface area (Å²) in [4.78, 5) is 11.8. The summed E-state index contributed by atoms with van der Waals surface area (Å²) in [6.45, 7) is 8.82. The molecule has 2 aliphatic carbocycles. The predicted molar refractivity (Wildman–Crippen MR) is 65.6 cm³/mol. The molecule has 0 N–H and O–H groups in total. The van der Waals surface area contributed by atoms with Crippen molar-refractivity contribution in [1.82, 2.24) is 0 Å². The van der Waals surface area contributed by atoms with Crippen LogP contribution in [0.2, 0.25) is 0 Å². The second-order valence-electron chi connectivity index (χ2n) is 7.72. The smallest absolute Gasteiger partial charge is 0.333 e. The van der Waals surface area contributed by atoms with E-state index in [1.807, 2.05) is 6.92 Å². The van der Waals surface area contributed by atoms with E-state index >= 15 is 0 Å². The first-order chi connectivity index (χ1) is 8.21. The molecule has 4 rings (SSSR count). The molecule has 0 radical (unpaired) electrons. The van der Waals surface area contributed by atoms with Crippen molar-refractivity contribution in [3.05, 3.63) is 11.6 Å². The Kier molecular flexibility index (Phi) is 1.57. The first kappa shape index (κ1) is 11.0. The number of ether oxygens (including phenoxy) is 2. The van der Waals surface area contributed by atoms with Gasteiger partial charge in [0.1, 0.15) is 0 Å². The number of rotatable bonds is 0. The fraction of sp³-hybridized carbons (Fsp3) is 0.800. The lowest BCUT2D eigenvalue weighted by molar-refractivity contribution is -0.151. The van der Waals surface area contributed by atoms with Crippen molar-refractivity contribution in [3.63, 3.8) is 0 Å². The molecule has 3 fully saturated rings. The normalized spacial score (nSPS) is 55.2. The lowest BCUT2D eigenvalue weighted by Crippen LogP contribution is -2.38. The van der Waals surface area contributed by atoms with E-state index in [1.54, 1.807) is 6.08 Å². The third-order valence-electron chi connectivity index (χ3n) is 5.61. The molecule has 1 spiro atoms. The monoisotopic (exact) mass is 248 g/mol. The van der Waals surface area contributed by atoms with Gasteiger partial charge in [-0.2, -0.15) is 0 Å². The van der Waals surface area contributed by atoms with Gasteiger partial charge >= 0.3 is 5.97 Å². The van der Waals surface area contributed by atoms with E-state index in [0.717, 1.165) is 6.42 Å². The number of hydrogen-bond donors (Lipinski definition) is 0. The van der Waals surface area contributed by atoms with Crippen molar-refractivity contribution >= 4 is 5.97 Å². The largest absolute Gasteiger partial charge is 0.427 e. The Morgan fingerprint density at radius 1 is 1.22 bits per heavy atom. The number of epoxide rings is 1. The average Bonchev–Trinajstić information content (AvgIpc) is 2.98. The SMILES string of the molecule is CC1(C)CC2CC2(C)C2=CC(=O)OC3(C)OC23C1. The Morgan fingerprint density at radius 2 is 1.94 bits per heavy atom. The van der Waals surface area contributed by atoms with Crippen molar-refractivity contribution < 1.29 is 14.3 Å². The molecule has 4 unspecified atom stereocenters. The molecule has 98 valence electrons. The minimum Gasteiger partial charge on any atom is -0.427 e. The number of esters is 1. The first-order valence-electron chi connectivity index (χ1n) is 6.87. The van der Waals surface area contributed by atoms with Gasteiger partial charge in [-0.25, -0.2) is 4.79 Å². The van der Waals surface area contributed by atoms with Gasteiger partial charge in [-0.3, -0.25) is 0 Å². The zero-order valence-corrected chi connectivity index (χ0v) is 11.5. The zero-order valence-electron chi connectivity index (χ0n) is 11.5. The van der Waals surface area contributed by atoms with Crippen molar-refractivity contribution in [3.8, 4) is 0 Å². The van der Waals surface area contributed by atoms with Crippen LogP contribution >= 0.6 is 0 Å². The fourth-order valence-electron chi connectivity index (χ4n) is 4.58. The Balaban J connectivity index is 1.89. The average molecular weight is 248 g/mol. The lowest BCUT2D eigenvalue weighted by Gasteiger charge is -2.31. The molecule has 0 bridgehead atoms. The van der Waals surface area contributed by atoms with Crippen molar-refractivity contribution in [2.75, 3.05) is 0 Å². The van der Waals surface area contributed by atoms with Crippen molar-refractivity contribution in [1.29, 1.82) is 0 Å². The second kappa shape index (κ2) is 2.55. The molecule has 1 saturated heterocycles. The van der Waals surface area contributed by atoms with Gasteiger partial charge < -0.3 is 9.47 Å². The number of hydrogen-bond acceptors (Lipinski definition) is 3. The number of carbonyl (C=O) groups is 1. The van der Waals surface area contributed by atoms with E-state index in [1.165, 1.54) is 18.4 Å². The van der Waals surface area contributed by atoms with E-state index in [-0.39, 0.29) is 22.4 Å². The van der Waals surface area contributed by atoms with Gasteiger partial charge in [-0.15, -0.1) is 0 Å². The van der Waals surface area contributed by atoms with Crippen LogP contribution in [-0.4, -0.2) is 17.4 Å². The van der Waals surface area contributed by atoms with Gasteiger partial charge in [0.2, 0.25) is 5.79 Å². The Bertz CT molecular complexity index is 506. The van der Waals surface area contributed by atoms with Crippen LogP contribution in [0.15, 0.2) is 11.6 Å². The summed E-state index contributed by atoms with van der Waals surface area (Å²) in [5.41, 5.74) is 1.30. The Labute approximate surface area is 108 Å². The molecule has 0 aromatic carbocycles. The highest BCUT2D eigenvalue weighted by atomic mass is 16.8. The molecule has 18 heavy (non-hydrogen) atoms. The van der Waals surface area contributed by atoms with Gasteiger partial charge in [0.25, 0.3) is 0 Å². The molecular formula is C15H20O3. The summed E-state index contributed by atoms with van der Waals surface area (Å²) in [5, 5.41) is 0. The van der Waals surface area contributed by atoms with Gasteiger partial charge in [-0.1, -0.05) is 20.8 Å². The van der Waals surface area contributed by atoms with Crippen LogP contribution in [-0.2, 0) is 14.3 Å². The van der Waals surface area contributed by atoms with Crippen LogP contribution < -0.4 is 0 Å². The van der Waals surface area contributed by atoms with Crippen LogP contribution in [0.25, 0.3) is 0 Å². The second-order valence-corrected chi connectivity index (χ2v) is 7.72. The van der Waals surface area contributed by atoms with Crippen LogP contribution in [0, 0.1) is 16.7 Å². The predicted octanol–water partition coefficient (Wildman–Crippen LogP) is 2.80. The lowest BCUT2D eigenvalue weighted by atomic mass is 9.74. The van der Waals surface area contributed by atoms with Gasteiger partial charge in [0.15, 0.2) is 5.60 Å². The van der Waals surface area contributed by atoms with Crippen LogP contribution in [0.3, 0.4) is 0 Å². The summed E-state index contributed by atoms with van der Waals surface area (Å²) >= 11 is 0. The topological polar surface area (TPSA) is 38.8 Å². The van der Waals surface area contributed by atoms with Crippen LogP contribution in [0.5, 0.6) is 0 Å². The van der Waals surface area contributed by atoms with Crippen molar-refractivity contribution in [2.45, 2.75) is 58.3 Å². The highest BCUT2D eigenvalue weighted by Crippen LogP contribution is 2.75. The maximum atomic E-state index is 11.8. The summed E-state index contributed by atoms with van der Waals surface area (Å²) in [7, 11) is 0. The van der Waals surface area contributed by atoms with E-state index in [2.05, 4.69) is 20.8 Å². The van der Waals surface area contributed by atoms with Gasteiger partial charge in [0.05, 0.1) is 0 Å². The van der Waals surface area contributed by atoms with Crippen LogP contribution in [0.1, 0.15) is 47.0 Å². The number of fused-ring (bicyclic) bond motifs is 2. The third-order valence-corrected chi connectivity index (χ3v) is 5.61. The molecule has 0 amide bonds. The highest BCUT2D eigenvalue weighted by Gasteiger charge is 2.80. The fourth-order valence-corrected chi connectivity index (χ4v) is 4.58. The molecule has 0 aromatic rings. The standard InChI is InChI=1S/C15H20O3/c1-12(2)6-9-7-13(9,3)10-5-11(16)17-14(4)15(10,8-12)18-14/h5,9H,6-8H2,1-4H3. The summed E-state index contributed by atoms with van der Waals surface area (Å²) in [5.74, 6) is -0.226. The molecule has 4 aliphatic rings. The number of carbonyl (C=O) groups excluding carboxylic acids is 1. The Hall–Kier alpha value is -0.830. The molecule has 2 saturated carbocycles. The first-order valence-corrected chi connectivity index (χ1v) is 6.87. The summed E-state index contributed by atoms with van der Waals surface area (Å²) in [6, 6.07) is 0. The minimum absolute atomic E-state index is 0.172. The maximum absolute atomic E-state index is 11.8. The molecule has 3 nitrogen and oxygen atoms in total. The van der Waals surface area contributed by atoms with E-state index in [9.17, 15) is 4.79 Å². The van der Waals surface area contributed by atoms with Gasteiger partial charge in [0, 0.05) is 13.0 Å². The Morgan fingerprint density at radius 3 is 2.67 bits per heavy atom. The molecular weight excluding hydrogens is 228 g/mol. The highest BCUT2D eigenvalue weighted by molar-refractivity contribution is 5.86. The quantitative estimate of drug-likeness (QED) is 0.489. The van der Waals surface area contributed by atoms with Gasteiger partial charge in [-0.05, 0) is 41.6 Å². The molecule has 4 atom stereocenters. The van der Waals surface area contributed by atoms with E-state index < -0.39 is 5.79 Å². The summed E-state index contributed by atoms with van der Waals surface area (Å²) in [6.07, 6.45) is 5.09. The van der Waals surface area contributed by atoms with Crippen LogP contribution in [0.4, 0.5) is 0 Å². The van der Waals surface area contributed by atoms with E-state index in [0.29, 0.717) is 5.92 Å².